The highest BCUT2D eigenvalue weighted by atomic mass is 32.2. The Hall–Kier alpha value is -2.26. The van der Waals surface area contributed by atoms with E-state index in [9.17, 15) is 13.2 Å². The molecule has 7 nitrogen and oxygen atoms in total. The van der Waals surface area contributed by atoms with Gasteiger partial charge in [-0.25, -0.2) is 13.1 Å². The van der Waals surface area contributed by atoms with Crippen LogP contribution in [-0.2, 0) is 14.8 Å². The molecule has 1 aliphatic heterocycles. The van der Waals surface area contributed by atoms with Crippen molar-refractivity contribution in [2.75, 3.05) is 46.9 Å². The van der Waals surface area contributed by atoms with E-state index < -0.39 is 10.0 Å². The summed E-state index contributed by atoms with van der Waals surface area (Å²) in [6.45, 7) is 2.66. The first-order chi connectivity index (χ1) is 13.9. The second-order valence-corrected chi connectivity index (χ2v) is 8.87. The summed E-state index contributed by atoms with van der Waals surface area (Å²) in [4.78, 5) is 17.4. The van der Waals surface area contributed by atoms with E-state index in [4.69, 9.17) is 4.74 Å². The van der Waals surface area contributed by atoms with Crippen LogP contribution in [0.4, 0.5) is 0 Å². The third kappa shape index (κ3) is 5.22. The zero-order chi connectivity index (χ0) is 20.9. The maximum atomic E-state index is 13.2. The predicted octanol–water partition coefficient (Wildman–Crippen LogP) is 1.74. The summed E-state index contributed by atoms with van der Waals surface area (Å²) in [5.74, 6) is -0.0942. The van der Waals surface area contributed by atoms with Gasteiger partial charge in [0.25, 0.3) is 5.91 Å². The van der Waals surface area contributed by atoms with Crippen LogP contribution in [0.2, 0.25) is 0 Å². The maximum Gasteiger partial charge on any atom is 0.254 e. The highest BCUT2D eigenvalue weighted by molar-refractivity contribution is 7.89. The van der Waals surface area contributed by atoms with E-state index in [-0.39, 0.29) is 23.4 Å². The molecule has 1 unspecified atom stereocenters. The normalized spacial score (nSPS) is 18.0. The molecule has 2 aromatic carbocycles. The van der Waals surface area contributed by atoms with Gasteiger partial charge in [0.05, 0.1) is 17.5 Å². The third-order valence-electron chi connectivity index (χ3n) is 5.04. The SMILES string of the molecule is COCCNS(=O)(=O)c1ccc(C(=O)N2CCN(C)CC2c2ccccc2)cc1. The van der Waals surface area contributed by atoms with Crippen LogP contribution in [-0.4, -0.2) is 71.1 Å². The Bertz CT molecular complexity index is 917. The van der Waals surface area contributed by atoms with Crippen LogP contribution in [0.25, 0.3) is 0 Å². The number of nitrogens with zero attached hydrogens (tertiary/aromatic N) is 2. The van der Waals surface area contributed by atoms with Gasteiger partial charge in [0.15, 0.2) is 0 Å². The van der Waals surface area contributed by atoms with Crippen LogP contribution in [0, 0.1) is 0 Å². The fourth-order valence-corrected chi connectivity index (χ4v) is 4.44. The Morgan fingerprint density at radius 2 is 1.79 bits per heavy atom. The van der Waals surface area contributed by atoms with Crippen molar-refractivity contribution < 1.29 is 17.9 Å². The topological polar surface area (TPSA) is 78.9 Å². The number of methoxy groups -OCH3 is 1. The zero-order valence-electron chi connectivity index (χ0n) is 16.7. The van der Waals surface area contributed by atoms with Gasteiger partial charge in [-0.1, -0.05) is 30.3 Å². The molecular formula is C21H27N3O4S. The molecule has 1 saturated heterocycles. The quantitative estimate of drug-likeness (QED) is 0.695. The monoisotopic (exact) mass is 417 g/mol. The molecule has 2 aromatic rings. The van der Waals surface area contributed by atoms with Gasteiger partial charge < -0.3 is 14.5 Å². The highest BCUT2D eigenvalue weighted by Gasteiger charge is 2.30. The molecule has 3 rings (SSSR count). The molecule has 156 valence electrons. The average Bonchev–Trinajstić information content (AvgIpc) is 2.74. The summed E-state index contributed by atoms with van der Waals surface area (Å²) in [6.07, 6.45) is 0. The molecule has 0 bridgehead atoms. The molecule has 1 atom stereocenters. The van der Waals surface area contributed by atoms with Crippen LogP contribution >= 0.6 is 0 Å². The lowest BCUT2D eigenvalue weighted by Gasteiger charge is -2.40. The third-order valence-corrected chi connectivity index (χ3v) is 6.52. The highest BCUT2D eigenvalue weighted by Crippen LogP contribution is 2.26. The number of piperazine rings is 1. The van der Waals surface area contributed by atoms with Crippen molar-refractivity contribution >= 4 is 15.9 Å². The van der Waals surface area contributed by atoms with Crippen LogP contribution in [0.3, 0.4) is 0 Å². The number of hydrogen-bond acceptors (Lipinski definition) is 5. The number of hydrogen-bond donors (Lipinski definition) is 1. The number of nitrogens with one attached hydrogen (secondary N) is 1. The largest absolute Gasteiger partial charge is 0.383 e. The van der Waals surface area contributed by atoms with Gasteiger partial charge in [0.2, 0.25) is 10.0 Å². The molecule has 0 radical (unpaired) electrons. The van der Waals surface area contributed by atoms with E-state index in [2.05, 4.69) is 9.62 Å². The molecule has 0 aromatic heterocycles. The summed E-state index contributed by atoms with van der Waals surface area (Å²) in [7, 11) is -0.0632. The van der Waals surface area contributed by atoms with Crippen molar-refractivity contribution in [1.29, 1.82) is 0 Å². The summed E-state index contributed by atoms with van der Waals surface area (Å²) >= 11 is 0. The van der Waals surface area contributed by atoms with Crippen molar-refractivity contribution in [2.24, 2.45) is 0 Å². The van der Waals surface area contributed by atoms with Crippen LogP contribution in [0.5, 0.6) is 0 Å². The molecule has 8 heteroatoms. The van der Waals surface area contributed by atoms with Gasteiger partial charge in [-0.2, -0.15) is 0 Å². The second kappa shape index (κ2) is 9.49. The molecule has 1 N–H and O–H groups in total. The maximum absolute atomic E-state index is 13.2. The first-order valence-electron chi connectivity index (χ1n) is 9.55. The average molecular weight is 418 g/mol. The van der Waals surface area contributed by atoms with Crippen molar-refractivity contribution in [3.05, 3.63) is 65.7 Å². The molecular weight excluding hydrogens is 390 g/mol. The summed E-state index contributed by atoms with van der Waals surface area (Å²) in [5, 5.41) is 0. The van der Waals surface area contributed by atoms with Gasteiger partial charge >= 0.3 is 0 Å². The predicted molar refractivity (Wildman–Crippen MR) is 111 cm³/mol. The Morgan fingerprint density at radius 3 is 2.45 bits per heavy atom. The molecule has 1 amide bonds. The number of sulfonamides is 1. The molecule has 0 saturated carbocycles. The van der Waals surface area contributed by atoms with Crippen LogP contribution in [0.1, 0.15) is 22.0 Å². The smallest absolute Gasteiger partial charge is 0.254 e. The van der Waals surface area contributed by atoms with E-state index in [1.54, 1.807) is 12.1 Å². The lowest BCUT2D eigenvalue weighted by molar-refractivity contribution is 0.0498. The zero-order valence-corrected chi connectivity index (χ0v) is 17.6. The van der Waals surface area contributed by atoms with E-state index in [1.807, 2.05) is 42.3 Å². The van der Waals surface area contributed by atoms with Gasteiger partial charge in [-0.05, 0) is 36.9 Å². The van der Waals surface area contributed by atoms with Crippen molar-refractivity contribution in [2.45, 2.75) is 10.9 Å². The minimum absolute atomic E-state index is 0.0402. The Kier molecular flexibility index (Phi) is 7.02. The molecule has 0 spiro atoms. The molecule has 1 fully saturated rings. The van der Waals surface area contributed by atoms with Crippen molar-refractivity contribution in [3.63, 3.8) is 0 Å². The van der Waals surface area contributed by atoms with E-state index in [0.29, 0.717) is 18.7 Å². The Balaban J connectivity index is 1.78. The fourth-order valence-electron chi connectivity index (χ4n) is 3.43. The van der Waals surface area contributed by atoms with Gasteiger partial charge in [0.1, 0.15) is 0 Å². The Morgan fingerprint density at radius 1 is 1.10 bits per heavy atom. The first kappa shape index (κ1) is 21.4. The number of benzene rings is 2. The van der Waals surface area contributed by atoms with E-state index in [1.165, 1.54) is 19.2 Å². The lowest BCUT2D eigenvalue weighted by Crippen LogP contribution is -2.49. The number of amides is 1. The van der Waals surface area contributed by atoms with Gasteiger partial charge in [-0.3, -0.25) is 4.79 Å². The van der Waals surface area contributed by atoms with E-state index in [0.717, 1.165) is 18.7 Å². The number of carbonyl (C=O) groups excluding carboxylic acids is 1. The van der Waals surface area contributed by atoms with Crippen LogP contribution < -0.4 is 4.72 Å². The minimum Gasteiger partial charge on any atom is -0.383 e. The molecule has 1 aliphatic rings. The molecule has 0 aliphatic carbocycles. The fraction of sp³-hybridized carbons (Fsp3) is 0.381. The minimum atomic E-state index is -3.62. The summed E-state index contributed by atoms with van der Waals surface area (Å²) in [5.41, 5.74) is 1.57. The first-order valence-corrected chi connectivity index (χ1v) is 11.0. The van der Waals surface area contributed by atoms with Crippen molar-refractivity contribution in [3.8, 4) is 0 Å². The van der Waals surface area contributed by atoms with Gasteiger partial charge in [-0.15, -0.1) is 0 Å². The molecule has 1 heterocycles. The number of carbonyl (C=O) groups is 1. The lowest BCUT2D eigenvalue weighted by atomic mass is 10.0. The summed E-state index contributed by atoms with van der Waals surface area (Å²) in [6, 6.07) is 16.0. The van der Waals surface area contributed by atoms with Crippen molar-refractivity contribution in [1.82, 2.24) is 14.5 Å². The number of rotatable bonds is 7. The van der Waals surface area contributed by atoms with Gasteiger partial charge in [0, 0.05) is 38.9 Å². The van der Waals surface area contributed by atoms with Crippen LogP contribution in [0.15, 0.2) is 59.5 Å². The summed E-state index contributed by atoms with van der Waals surface area (Å²) < 4.78 is 31.9. The van der Waals surface area contributed by atoms with E-state index >= 15 is 0 Å². The standard InChI is InChI=1S/C21H27N3O4S/c1-23-13-14-24(20(16-23)17-6-4-3-5-7-17)21(25)18-8-10-19(11-9-18)29(26,27)22-12-15-28-2/h3-11,20,22H,12-16H2,1-2H3. The molecule has 29 heavy (non-hydrogen) atoms. The number of likely N-dealkylation sites (N-methyl/N-ethyl adjacent to an activating group) is 1. The Labute approximate surface area is 172 Å². The second-order valence-electron chi connectivity index (χ2n) is 7.10. The number of ether oxygens (including phenoxy) is 1.